The minimum atomic E-state index is 0.344. The van der Waals surface area contributed by atoms with Gasteiger partial charge in [0.2, 0.25) is 5.89 Å². The number of ether oxygens (including phenoxy) is 1. The van der Waals surface area contributed by atoms with Crippen molar-refractivity contribution in [3.63, 3.8) is 0 Å². The smallest absolute Gasteiger partial charge is 0.229 e. The first-order valence-electron chi connectivity index (χ1n) is 8.36. The second-order valence-corrected chi connectivity index (χ2v) is 6.78. The summed E-state index contributed by atoms with van der Waals surface area (Å²) < 4.78 is 10.9. The van der Waals surface area contributed by atoms with Gasteiger partial charge in [-0.1, -0.05) is 19.0 Å². The van der Waals surface area contributed by atoms with Crippen molar-refractivity contribution in [2.45, 2.75) is 51.4 Å². The van der Waals surface area contributed by atoms with Crippen molar-refractivity contribution < 1.29 is 9.26 Å². The lowest BCUT2D eigenvalue weighted by Crippen LogP contribution is -2.34. The van der Waals surface area contributed by atoms with Crippen LogP contribution in [-0.2, 0) is 4.74 Å². The lowest BCUT2D eigenvalue weighted by molar-refractivity contribution is 0.165. The molecular weight excluding hydrogens is 266 g/mol. The molecule has 2 saturated heterocycles. The SMILES string of the molecule is CC(C)c1noc(C2CCN(CCC3CCOC3)CC2)n1. The first-order valence-corrected chi connectivity index (χ1v) is 8.36. The van der Waals surface area contributed by atoms with Crippen LogP contribution in [0.15, 0.2) is 4.52 Å². The van der Waals surface area contributed by atoms with Crippen LogP contribution in [0.4, 0.5) is 0 Å². The molecule has 0 spiro atoms. The van der Waals surface area contributed by atoms with Crippen molar-refractivity contribution in [2.75, 3.05) is 32.8 Å². The van der Waals surface area contributed by atoms with Gasteiger partial charge in [0.1, 0.15) is 0 Å². The van der Waals surface area contributed by atoms with Crippen molar-refractivity contribution in [2.24, 2.45) is 5.92 Å². The van der Waals surface area contributed by atoms with Gasteiger partial charge in [-0.25, -0.2) is 0 Å². The van der Waals surface area contributed by atoms with Gasteiger partial charge in [0.05, 0.1) is 0 Å². The van der Waals surface area contributed by atoms with E-state index < -0.39 is 0 Å². The number of hydrogen-bond acceptors (Lipinski definition) is 5. The minimum absolute atomic E-state index is 0.344. The van der Waals surface area contributed by atoms with E-state index in [0.717, 1.165) is 56.8 Å². The molecule has 0 aromatic carbocycles. The summed E-state index contributed by atoms with van der Waals surface area (Å²) in [6, 6.07) is 0. The largest absolute Gasteiger partial charge is 0.381 e. The molecule has 0 N–H and O–H groups in total. The fourth-order valence-electron chi connectivity index (χ4n) is 3.23. The minimum Gasteiger partial charge on any atom is -0.381 e. The van der Waals surface area contributed by atoms with Gasteiger partial charge < -0.3 is 14.2 Å². The number of likely N-dealkylation sites (tertiary alicyclic amines) is 1. The van der Waals surface area contributed by atoms with Crippen LogP contribution in [0.5, 0.6) is 0 Å². The molecule has 0 aliphatic carbocycles. The highest BCUT2D eigenvalue weighted by atomic mass is 16.5. The Labute approximate surface area is 127 Å². The molecule has 3 rings (SSSR count). The van der Waals surface area contributed by atoms with E-state index >= 15 is 0 Å². The highest BCUT2D eigenvalue weighted by Gasteiger charge is 2.26. The van der Waals surface area contributed by atoms with Crippen LogP contribution in [0.3, 0.4) is 0 Å². The molecule has 0 bridgehead atoms. The third-order valence-electron chi connectivity index (χ3n) is 4.79. The third kappa shape index (κ3) is 3.83. The van der Waals surface area contributed by atoms with Gasteiger partial charge in [-0.05, 0) is 51.2 Å². The molecule has 2 aliphatic rings. The Morgan fingerprint density at radius 2 is 2.05 bits per heavy atom. The summed E-state index contributed by atoms with van der Waals surface area (Å²) in [6.45, 7) is 9.64. The second-order valence-electron chi connectivity index (χ2n) is 6.78. The van der Waals surface area contributed by atoms with E-state index in [9.17, 15) is 0 Å². The molecule has 2 fully saturated rings. The Morgan fingerprint density at radius 1 is 1.24 bits per heavy atom. The lowest BCUT2D eigenvalue weighted by Gasteiger charge is -2.30. The van der Waals surface area contributed by atoms with Crippen LogP contribution < -0.4 is 0 Å². The van der Waals surface area contributed by atoms with Crippen LogP contribution in [0.2, 0.25) is 0 Å². The van der Waals surface area contributed by atoms with Crippen LogP contribution >= 0.6 is 0 Å². The van der Waals surface area contributed by atoms with E-state index in [1.54, 1.807) is 0 Å². The van der Waals surface area contributed by atoms with Gasteiger partial charge in [-0.2, -0.15) is 4.98 Å². The van der Waals surface area contributed by atoms with Crippen molar-refractivity contribution in [3.8, 4) is 0 Å². The highest BCUT2D eigenvalue weighted by Crippen LogP contribution is 2.28. The van der Waals surface area contributed by atoms with Crippen LogP contribution in [0, 0.1) is 5.92 Å². The Morgan fingerprint density at radius 3 is 2.67 bits per heavy atom. The first kappa shape index (κ1) is 15.0. The van der Waals surface area contributed by atoms with Crippen LogP contribution in [0.25, 0.3) is 0 Å². The zero-order valence-electron chi connectivity index (χ0n) is 13.3. The van der Waals surface area contributed by atoms with Gasteiger partial charge in [-0.15, -0.1) is 0 Å². The number of rotatable bonds is 5. The topological polar surface area (TPSA) is 51.4 Å². The van der Waals surface area contributed by atoms with E-state index in [4.69, 9.17) is 9.26 Å². The Balaban J connectivity index is 1.43. The standard InChI is InChI=1S/C16H27N3O2/c1-12(2)15-17-16(21-18-15)14-4-8-19(9-5-14)7-3-13-6-10-20-11-13/h12-14H,3-11H2,1-2H3. The average molecular weight is 293 g/mol. The van der Waals surface area contributed by atoms with Crippen molar-refractivity contribution in [1.82, 2.24) is 15.0 Å². The lowest BCUT2D eigenvalue weighted by atomic mass is 9.96. The maximum atomic E-state index is 5.45. The predicted molar refractivity (Wildman–Crippen MR) is 80.3 cm³/mol. The molecule has 3 heterocycles. The maximum Gasteiger partial charge on any atom is 0.229 e. The van der Waals surface area contributed by atoms with E-state index in [0.29, 0.717) is 11.8 Å². The summed E-state index contributed by atoms with van der Waals surface area (Å²) in [4.78, 5) is 7.13. The quantitative estimate of drug-likeness (QED) is 0.835. The molecule has 1 unspecified atom stereocenters. The monoisotopic (exact) mass is 293 g/mol. The number of hydrogen-bond donors (Lipinski definition) is 0. The molecule has 1 aromatic rings. The second kappa shape index (κ2) is 6.88. The first-order chi connectivity index (χ1) is 10.2. The van der Waals surface area contributed by atoms with Crippen molar-refractivity contribution in [1.29, 1.82) is 0 Å². The molecule has 5 heteroatoms. The van der Waals surface area contributed by atoms with Gasteiger partial charge in [-0.3, -0.25) is 0 Å². The number of piperidine rings is 1. The van der Waals surface area contributed by atoms with E-state index in [-0.39, 0.29) is 0 Å². The van der Waals surface area contributed by atoms with Gasteiger partial charge in [0, 0.05) is 25.0 Å². The van der Waals surface area contributed by atoms with E-state index in [1.807, 2.05) is 0 Å². The highest BCUT2D eigenvalue weighted by molar-refractivity contribution is 4.98. The fourth-order valence-corrected chi connectivity index (χ4v) is 3.23. The summed E-state index contributed by atoms with van der Waals surface area (Å²) in [5.74, 6) is 3.27. The number of nitrogens with zero attached hydrogens (tertiary/aromatic N) is 3. The molecule has 0 amide bonds. The van der Waals surface area contributed by atoms with E-state index in [2.05, 4.69) is 28.9 Å². The normalized spacial score (nSPS) is 25.0. The maximum absolute atomic E-state index is 5.45. The van der Waals surface area contributed by atoms with Crippen LogP contribution in [-0.4, -0.2) is 47.9 Å². The Kier molecular flexibility index (Phi) is 4.91. The summed E-state index contributed by atoms with van der Waals surface area (Å²) in [6.07, 6.45) is 4.81. The third-order valence-corrected chi connectivity index (χ3v) is 4.79. The number of aromatic nitrogens is 2. The molecule has 0 saturated carbocycles. The van der Waals surface area contributed by atoms with Crippen molar-refractivity contribution in [3.05, 3.63) is 11.7 Å². The molecule has 2 aliphatic heterocycles. The molecule has 21 heavy (non-hydrogen) atoms. The summed E-state index contributed by atoms with van der Waals surface area (Å²) in [5, 5.41) is 4.08. The molecule has 0 radical (unpaired) electrons. The summed E-state index contributed by atoms with van der Waals surface area (Å²) in [5.41, 5.74) is 0. The zero-order chi connectivity index (χ0) is 14.7. The molecule has 5 nitrogen and oxygen atoms in total. The van der Waals surface area contributed by atoms with Crippen molar-refractivity contribution >= 4 is 0 Å². The molecule has 1 atom stereocenters. The van der Waals surface area contributed by atoms with Gasteiger partial charge >= 0.3 is 0 Å². The van der Waals surface area contributed by atoms with E-state index in [1.165, 1.54) is 19.4 Å². The Bertz CT molecular complexity index is 432. The molecule has 1 aromatic heterocycles. The van der Waals surface area contributed by atoms with Gasteiger partial charge in [0.15, 0.2) is 5.82 Å². The predicted octanol–water partition coefficient (Wildman–Crippen LogP) is 2.80. The van der Waals surface area contributed by atoms with Gasteiger partial charge in [0.25, 0.3) is 0 Å². The van der Waals surface area contributed by atoms with Crippen LogP contribution in [0.1, 0.15) is 63.1 Å². The molecular formula is C16H27N3O2. The summed E-state index contributed by atoms with van der Waals surface area (Å²) >= 11 is 0. The zero-order valence-corrected chi connectivity index (χ0v) is 13.3. The fraction of sp³-hybridized carbons (Fsp3) is 0.875. The summed E-state index contributed by atoms with van der Waals surface area (Å²) in [7, 11) is 0. The Hall–Kier alpha value is -0.940. The average Bonchev–Trinajstić information content (AvgIpc) is 3.17. The molecule has 118 valence electrons.